The van der Waals surface area contributed by atoms with Crippen LogP contribution < -0.4 is 0 Å². The Balaban J connectivity index is 1.44. The molecule has 1 N–H and O–H groups in total. The lowest BCUT2D eigenvalue weighted by Gasteiger charge is -2.39. The number of aliphatic imine (C=N–C) groups is 1. The summed E-state index contributed by atoms with van der Waals surface area (Å²) >= 11 is 0. The lowest BCUT2D eigenvalue weighted by Crippen LogP contribution is -2.45. The van der Waals surface area contributed by atoms with E-state index in [1.54, 1.807) is 0 Å². The predicted octanol–water partition coefficient (Wildman–Crippen LogP) is 3.99. The molecule has 0 spiro atoms. The van der Waals surface area contributed by atoms with Crippen LogP contribution in [0.5, 0.6) is 0 Å². The number of nitrogens with zero attached hydrogens (tertiary/aromatic N) is 2. The molecule has 31 heavy (non-hydrogen) atoms. The molecule has 0 unspecified atom stereocenters. The topological polar surface area (TPSA) is 70.0 Å². The molecule has 2 aliphatic heterocycles. The average molecular weight is 419 g/mol. The number of aryl methyl sites for hydroxylation is 1. The molecule has 0 aromatic heterocycles. The minimum Gasteiger partial charge on any atom is -0.481 e. The third kappa shape index (κ3) is 5.40. The molecule has 2 heterocycles. The summed E-state index contributed by atoms with van der Waals surface area (Å²) in [5.41, 5.74) is 4.74. The second-order valence-corrected chi connectivity index (χ2v) is 8.67. The van der Waals surface area contributed by atoms with Gasteiger partial charge in [-0.05, 0) is 54.2 Å². The van der Waals surface area contributed by atoms with Gasteiger partial charge in [0.2, 0.25) is 5.91 Å². The van der Waals surface area contributed by atoms with Gasteiger partial charge in [-0.3, -0.25) is 14.6 Å². The summed E-state index contributed by atoms with van der Waals surface area (Å²) in [5.74, 6) is -0.402. The Morgan fingerprint density at radius 3 is 2.61 bits per heavy atom. The quantitative estimate of drug-likeness (QED) is 0.739. The van der Waals surface area contributed by atoms with Crippen LogP contribution in [0.4, 0.5) is 0 Å². The Hall–Kier alpha value is -2.95. The molecular weight excluding hydrogens is 388 g/mol. The SMILES string of the molecule is O=C(O)C[C@@H]1CCN(C(=O)CCc2ccccc2)C[C@@H]1CC1=NCCc2ccccc21. The zero-order valence-corrected chi connectivity index (χ0v) is 17.9. The number of likely N-dealkylation sites (tertiary alicyclic amines) is 1. The van der Waals surface area contributed by atoms with Crippen LogP contribution in [0.15, 0.2) is 59.6 Å². The van der Waals surface area contributed by atoms with Gasteiger partial charge >= 0.3 is 5.97 Å². The molecule has 0 bridgehead atoms. The third-order valence-corrected chi connectivity index (χ3v) is 6.62. The number of carboxylic acids is 1. The van der Waals surface area contributed by atoms with E-state index in [1.807, 2.05) is 41.3 Å². The molecule has 5 nitrogen and oxygen atoms in total. The molecule has 0 saturated carbocycles. The number of hydrogen-bond acceptors (Lipinski definition) is 3. The molecule has 1 saturated heterocycles. The van der Waals surface area contributed by atoms with Crippen molar-refractivity contribution in [3.63, 3.8) is 0 Å². The smallest absolute Gasteiger partial charge is 0.303 e. The molecule has 0 radical (unpaired) electrons. The van der Waals surface area contributed by atoms with Gasteiger partial charge in [0.25, 0.3) is 0 Å². The minimum atomic E-state index is -0.759. The van der Waals surface area contributed by atoms with Gasteiger partial charge in [0.05, 0.1) is 0 Å². The fourth-order valence-electron chi connectivity index (χ4n) is 4.92. The largest absolute Gasteiger partial charge is 0.481 e. The number of rotatable bonds is 7. The lowest BCUT2D eigenvalue weighted by atomic mass is 9.78. The van der Waals surface area contributed by atoms with Crippen molar-refractivity contribution in [2.45, 2.75) is 38.5 Å². The van der Waals surface area contributed by atoms with Crippen molar-refractivity contribution in [3.05, 3.63) is 71.3 Å². The molecule has 1 amide bonds. The number of carboxylic acid groups (broad SMARTS) is 1. The van der Waals surface area contributed by atoms with E-state index in [0.29, 0.717) is 19.5 Å². The maximum Gasteiger partial charge on any atom is 0.303 e. The number of carbonyl (C=O) groups is 2. The zero-order chi connectivity index (χ0) is 21.6. The van der Waals surface area contributed by atoms with Crippen molar-refractivity contribution < 1.29 is 14.7 Å². The predicted molar refractivity (Wildman–Crippen MR) is 121 cm³/mol. The van der Waals surface area contributed by atoms with Gasteiger partial charge in [-0.15, -0.1) is 0 Å². The van der Waals surface area contributed by atoms with Crippen LogP contribution in [0.2, 0.25) is 0 Å². The third-order valence-electron chi connectivity index (χ3n) is 6.62. The summed E-state index contributed by atoms with van der Waals surface area (Å²) in [6.45, 7) is 2.04. The van der Waals surface area contributed by atoms with Crippen molar-refractivity contribution in [1.29, 1.82) is 0 Å². The van der Waals surface area contributed by atoms with Crippen LogP contribution >= 0.6 is 0 Å². The van der Waals surface area contributed by atoms with Crippen LogP contribution in [-0.2, 0) is 22.4 Å². The van der Waals surface area contributed by atoms with E-state index in [-0.39, 0.29) is 24.2 Å². The summed E-state index contributed by atoms with van der Waals surface area (Å²) in [4.78, 5) is 31.1. The number of carbonyl (C=O) groups excluding carboxylic acids is 1. The molecule has 2 atom stereocenters. The second kappa shape index (κ2) is 9.90. The monoisotopic (exact) mass is 418 g/mol. The first-order chi connectivity index (χ1) is 15.1. The van der Waals surface area contributed by atoms with Gasteiger partial charge in [-0.25, -0.2) is 0 Å². The Morgan fingerprint density at radius 2 is 1.81 bits per heavy atom. The molecule has 162 valence electrons. The van der Waals surface area contributed by atoms with Crippen LogP contribution in [0.25, 0.3) is 0 Å². The molecule has 0 aliphatic carbocycles. The Kier molecular flexibility index (Phi) is 6.80. The highest BCUT2D eigenvalue weighted by Gasteiger charge is 2.34. The highest BCUT2D eigenvalue weighted by Crippen LogP contribution is 2.32. The molecular formula is C26H30N2O3. The number of benzene rings is 2. The van der Waals surface area contributed by atoms with Crippen molar-refractivity contribution in [1.82, 2.24) is 4.90 Å². The summed E-state index contributed by atoms with van der Waals surface area (Å²) < 4.78 is 0. The van der Waals surface area contributed by atoms with Gasteiger partial charge in [0.1, 0.15) is 0 Å². The molecule has 4 rings (SSSR count). The van der Waals surface area contributed by atoms with Gasteiger partial charge in [0, 0.05) is 38.2 Å². The van der Waals surface area contributed by atoms with E-state index < -0.39 is 5.97 Å². The van der Waals surface area contributed by atoms with Crippen molar-refractivity contribution in [2.24, 2.45) is 16.8 Å². The number of aliphatic carboxylic acids is 1. The maximum absolute atomic E-state index is 12.9. The number of fused-ring (bicyclic) bond motifs is 1. The molecule has 2 aromatic carbocycles. The van der Waals surface area contributed by atoms with E-state index in [2.05, 4.69) is 18.2 Å². The summed E-state index contributed by atoms with van der Waals surface area (Å²) in [5, 5.41) is 9.42. The molecule has 5 heteroatoms. The fraction of sp³-hybridized carbons (Fsp3) is 0.423. The van der Waals surface area contributed by atoms with E-state index in [0.717, 1.165) is 37.9 Å². The van der Waals surface area contributed by atoms with Gasteiger partial charge in [-0.1, -0.05) is 54.6 Å². The molecule has 2 aliphatic rings. The molecule has 2 aromatic rings. The van der Waals surface area contributed by atoms with E-state index in [4.69, 9.17) is 4.99 Å². The van der Waals surface area contributed by atoms with Crippen LogP contribution in [-0.4, -0.2) is 47.2 Å². The summed E-state index contributed by atoms with van der Waals surface area (Å²) in [7, 11) is 0. The molecule has 1 fully saturated rings. The first kappa shape index (κ1) is 21.3. The Labute approximate surface area is 183 Å². The van der Waals surface area contributed by atoms with Crippen molar-refractivity contribution in [2.75, 3.05) is 19.6 Å². The minimum absolute atomic E-state index is 0.0764. The van der Waals surface area contributed by atoms with Crippen molar-refractivity contribution >= 4 is 17.6 Å². The van der Waals surface area contributed by atoms with Crippen LogP contribution in [0.1, 0.15) is 42.4 Å². The first-order valence-electron chi connectivity index (χ1n) is 11.2. The van der Waals surface area contributed by atoms with Crippen LogP contribution in [0, 0.1) is 11.8 Å². The lowest BCUT2D eigenvalue weighted by molar-refractivity contribution is -0.139. The number of hydrogen-bond donors (Lipinski definition) is 1. The van der Waals surface area contributed by atoms with E-state index >= 15 is 0 Å². The van der Waals surface area contributed by atoms with E-state index in [1.165, 1.54) is 16.7 Å². The maximum atomic E-state index is 12.9. The van der Waals surface area contributed by atoms with Crippen molar-refractivity contribution in [3.8, 4) is 0 Å². The van der Waals surface area contributed by atoms with Gasteiger partial charge in [0.15, 0.2) is 0 Å². The fourth-order valence-corrected chi connectivity index (χ4v) is 4.92. The van der Waals surface area contributed by atoms with Gasteiger partial charge < -0.3 is 10.0 Å². The number of piperidine rings is 1. The Morgan fingerprint density at radius 1 is 1.03 bits per heavy atom. The standard InChI is InChI=1S/C26H30N2O3/c29-25(11-10-19-6-2-1-3-7-19)28-15-13-21(17-26(30)31)22(18-28)16-24-23-9-5-4-8-20(23)12-14-27-24/h1-9,21-22H,10-18H2,(H,30,31)/t21-,22-/m0/s1. The van der Waals surface area contributed by atoms with Gasteiger partial charge in [-0.2, -0.15) is 0 Å². The normalized spacial score (nSPS) is 20.6. The summed E-state index contributed by atoms with van der Waals surface area (Å²) in [6, 6.07) is 18.4. The van der Waals surface area contributed by atoms with E-state index in [9.17, 15) is 14.7 Å². The van der Waals surface area contributed by atoms with Crippen LogP contribution in [0.3, 0.4) is 0 Å². The number of amides is 1. The second-order valence-electron chi connectivity index (χ2n) is 8.67. The highest BCUT2D eigenvalue weighted by atomic mass is 16.4. The zero-order valence-electron chi connectivity index (χ0n) is 17.9. The Bertz CT molecular complexity index is 954. The highest BCUT2D eigenvalue weighted by molar-refractivity contribution is 6.02. The first-order valence-corrected chi connectivity index (χ1v) is 11.2. The average Bonchev–Trinajstić information content (AvgIpc) is 2.79. The summed E-state index contributed by atoms with van der Waals surface area (Å²) in [6.07, 6.45) is 3.81.